The number of benzene rings is 2. The average molecular weight is 1520 g/mol. The Hall–Kier alpha value is -9.98. The average Bonchev–Trinajstić information content (AvgIpc) is 1.71. The van der Waals surface area contributed by atoms with Crippen LogP contribution in [-0.2, 0) is 86.4 Å². The van der Waals surface area contributed by atoms with Crippen molar-refractivity contribution in [3.8, 4) is 0 Å². The van der Waals surface area contributed by atoms with Crippen molar-refractivity contribution in [2.75, 3.05) is 24.6 Å². The molecule has 3 aromatic heterocycles. The highest BCUT2D eigenvalue weighted by molar-refractivity contribution is 7.99. The van der Waals surface area contributed by atoms with Gasteiger partial charge < -0.3 is 83.4 Å². The zero-order valence-corrected chi connectivity index (χ0v) is 64.0. The number of imidazole rings is 1. The number of fused-ring (bicyclic) bond motifs is 2. The van der Waals surface area contributed by atoms with Crippen LogP contribution in [0.3, 0.4) is 0 Å². The predicted molar refractivity (Wildman–Crippen MR) is 404 cm³/mol. The fraction of sp³-hybridized carbons (Fsp3) is 0.566. The molecule has 0 radical (unpaired) electrons. The van der Waals surface area contributed by atoms with Gasteiger partial charge in [0, 0.05) is 115 Å². The van der Waals surface area contributed by atoms with Gasteiger partial charge in [-0.3, -0.25) is 67.1 Å². The lowest BCUT2D eigenvalue weighted by atomic mass is 9.82. The number of Topliss-reactive ketones (excluding diaryl/α,β-unsaturated/α-hetero) is 2. The van der Waals surface area contributed by atoms with Crippen molar-refractivity contribution in [3.63, 3.8) is 0 Å². The highest BCUT2D eigenvalue weighted by atomic mass is 32.2. The van der Waals surface area contributed by atoms with Gasteiger partial charge in [0.2, 0.25) is 59.1 Å². The minimum absolute atomic E-state index is 0.0000624. The second-order valence-electron chi connectivity index (χ2n) is 30.1. The minimum atomic E-state index is -1.60. The lowest BCUT2D eigenvalue weighted by molar-refractivity contribution is -0.139. The molecule has 0 aliphatic carbocycles. The Morgan fingerprint density at radius 2 is 1.17 bits per heavy atom. The van der Waals surface area contributed by atoms with E-state index in [1.807, 2.05) is 39.0 Å². The fourth-order valence-electron chi connectivity index (χ4n) is 12.8. The van der Waals surface area contributed by atoms with Crippen LogP contribution in [0.1, 0.15) is 157 Å². The van der Waals surface area contributed by atoms with E-state index in [4.69, 9.17) is 0 Å². The third-order valence-electron chi connectivity index (χ3n) is 18.5. The molecule has 5 aromatic rings. The molecular formula is C76H108N14O17S. The number of para-hydroxylation sites is 2. The molecule has 108 heavy (non-hydrogen) atoms. The lowest BCUT2D eigenvalue weighted by Gasteiger charge is -2.28. The first-order chi connectivity index (χ1) is 51.1. The van der Waals surface area contributed by atoms with E-state index in [-0.39, 0.29) is 94.1 Å². The third kappa shape index (κ3) is 28.3. The molecule has 0 unspecified atom stereocenters. The number of thioether (sulfide) groups is 1. The summed E-state index contributed by atoms with van der Waals surface area (Å²) < 4.78 is 0. The zero-order chi connectivity index (χ0) is 79.5. The number of hydrogen-bond donors (Lipinski definition) is 16. The van der Waals surface area contributed by atoms with Crippen molar-refractivity contribution in [1.29, 1.82) is 0 Å². The van der Waals surface area contributed by atoms with E-state index in [9.17, 15) is 77.6 Å². The molecule has 1 aliphatic rings. The summed E-state index contributed by atoms with van der Waals surface area (Å²) >= 11 is 1.10. The Morgan fingerprint density at radius 1 is 0.620 bits per heavy atom. The fourth-order valence-corrected chi connectivity index (χ4v) is 13.8. The number of aliphatic carboxylic acids is 2. The molecule has 1 saturated heterocycles. The molecule has 10 amide bonds. The summed E-state index contributed by atoms with van der Waals surface area (Å²) in [6.45, 7) is 16.1. The van der Waals surface area contributed by atoms with Gasteiger partial charge in [-0.2, -0.15) is 11.8 Å². The Labute approximate surface area is 632 Å². The molecule has 0 bridgehead atoms. The number of aromatic nitrogens is 4. The number of rotatable bonds is 23. The van der Waals surface area contributed by atoms with Gasteiger partial charge in [0.1, 0.15) is 36.3 Å². The highest BCUT2D eigenvalue weighted by Crippen LogP contribution is 2.29. The molecule has 6 rings (SSSR count). The van der Waals surface area contributed by atoms with Crippen LogP contribution in [0, 0.1) is 35.0 Å². The molecule has 32 heteroatoms. The lowest BCUT2D eigenvalue weighted by Crippen LogP contribution is -2.59. The molecule has 1 aliphatic heterocycles. The maximum Gasteiger partial charge on any atom is 0.303 e. The number of aliphatic hydroxyl groups excluding tert-OH is 1. The number of aromatic amines is 3. The maximum atomic E-state index is 15.2. The Bertz CT molecular complexity index is 3940. The summed E-state index contributed by atoms with van der Waals surface area (Å²) in [7, 11) is 0. The number of carboxylic acid groups (broad SMARTS) is 2. The van der Waals surface area contributed by atoms with Crippen LogP contribution in [0.5, 0.6) is 0 Å². The quantitative estimate of drug-likeness (QED) is 0.0445. The summed E-state index contributed by atoms with van der Waals surface area (Å²) in [6.07, 6.45) is 2.08. The molecule has 31 nitrogen and oxygen atoms in total. The van der Waals surface area contributed by atoms with Crippen LogP contribution < -0.4 is 53.2 Å². The van der Waals surface area contributed by atoms with Crippen LogP contribution in [0.2, 0.25) is 0 Å². The molecule has 0 spiro atoms. The van der Waals surface area contributed by atoms with E-state index in [0.717, 1.165) is 17.1 Å². The van der Waals surface area contributed by atoms with Crippen LogP contribution in [0.15, 0.2) is 73.4 Å². The van der Waals surface area contributed by atoms with Gasteiger partial charge in [-0.15, -0.1) is 0 Å². The SMILES string of the molecule is CC[C@@H]1NC(=O)[C@H](CC(C)C)NC(=O)[C@H](CCC(=O)O)NC(=O)CNC(=O)[C@H](CC(C)C)NC(=O)[C@H](Cc2cnc[nH]2)CC(=O)[C@H](Cc2c[nH]c3ccccc23)NC(=O)[C@H](C)CC(=O)[C@@H](NC(=O)[C@H](CCC(=O)O)CC(C)(C)C)CSCC[C@@H](C(=O)NC[C@@H](C)O)NC(=O)[C@H](Cc2c[nH]c3ccccc23)NC1=O. The summed E-state index contributed by atoms with van der Waals surface area (Å²) in [6, 6.07) is 3.13. The van der Waals surface area contributed by atoms with Crippen LogP contribution in [-0.4, -0.2) is 197 Å². The Morgan fingerprint density at radius 3 is 1.74 bits per heavy atom. The standard InChI is InChI=1S/C76H108N14O17S/c1-11-52-72(104)89-60(31-48-36-79-54-19-15-13-17-51(48)54)75(107)85-56(70(102)80-34-44(7)91)24-25-108-39-61(90-68(100)45(20-22-65(95)96)33-76(8,9)10)62(92)28-43(6)67(99)86-57(30-47-35-78-53-18-14-12-16-50(47)53)63(93)32-46(29-49-37-77-40-82-49)69(101)87-58(26-41(2)3)71(103)81-38-64(94)83-55(21-23-66(97)98)73(105)88-59(27-42(4)5)74(106)84-52/h12-19,35-37,40-46,52,55-61,78-79,91H,11,20-34,38-39H2,1-10H3,(H,77,82)(H,80,102)(H,81,103)(H,83,94)(H,84,106)(H,85,107)(H,86,99)(H,87,101)(H,88,105)(H,89,104)(H,90,100)(H,95,96)(H,97,98)/t43-,44-,45-,46-,52+,55+,56+,57+,58+,59+,60+,61+/m1/s1. The molecular weight excluding hydrogens is 1410 g/mol. The number of H-pyrrole nitrogens is 3. The topological polar surface area (TPSA) is 480 Å². The van der Waals surface area contributed by atoms with Crippen LogP contribution in [0.25, 0.3) is 21.8 Å². The summed E-state index contributed by atoms with van der Waals surface area (Å²) in [5.74, 6) is -16.1. The number of amides is 10. The zero-order valence-electron chi connectivity index (χ0n) is 63.2. The molecule has 0 saturated carbocycles. The minimum Gasteiger partial charge on any atom is -0.481 e. The van der Waals surface area contributed by atoms with Gasteiger partial charge in [-0.1, -0.05) is 98.7 Å². The van der Waals surface area contributed by atoms with E-state index in [1.54, 1.807) is 77.3 Å². The molecule has 12 atom stereocenters. The first kappa shape index (κ1) is 86.9. The van der Waals surface area contributed by atoms with Crippen LogP contribution >= 0.6 is 11.8 Å². The van der Waals surface area contributed by atoms with E-state index >= 15 is 4.79 Å². The number of carbonyl (C=O) groups is 14. The number of ketones is 2. The first-order valence-corrected chi connectivity index (χ1v) is 38.0. The highest BCUT2D eigenvalue weighted by Gasteiger charge is 2.38. The first-order valence-electron chi connectivity index (χ1n) is 36.9. The molecule has 590 valence electrons. The van der Waals surface area contributed by atoms with Crippen LogP contribution in [0.4, 0.5) is 0 Å². The van der Waals surface area contributed by atoms with Gasteiger partial charge in [0.25, 0.3) is 0 Å². The van der Waals surface area contributed by atoms with Crippen molar-refractivity contribution < 1.29 is 82.4 Å². The normalized spacial score (nSPS) is 23.1. The number of nitrogens with zero attached hydrogens (tertiary/aromatic N) is 1. The van der Waals surface area contributed by atoms with Gasteiger partial charge in [0.15, 0.2) is 11.6 Å². The molecule has 16 N–H and O–H groups in total. The monoisotopic (exact) mass is 1520 g/mol. The summed E-state index contributed by atoms with van der Waals surface area (Å²) in [5, 5.41) is 58.1. The molecule has 1 fully saturated rings. The largest absolute Gasteiger partial charge is 0.481 e. The van der Waals surface area contributed by atoms with Crippen molar-refractivity contribution in [3.05, 3.63) is 90.3 Å². The number of hydrogen-bond acceptors (Lipinski definition) is 17. The van der Waals surface area contributed by atoms with E-state index in [1.165, 1.54) is 26.4 Å². The second kappa shape index (κ2) is 42.0. The van der Waals surface area contributed by atoms with Crippen molar-refractivity contribution in [2.45, 2.75) is 214 Å². The van der Waals surface area contributed by atoms with Gasteiger partial charge in [0.05, 0.1) is 37.0 Å². The summed E-state index contributed by atoms with van der Waals surface area (Å²) in [4.78, 5) is 212. The van der Waals surface area contributed by atoms with E-state index in [0.29, 0.717) is 33.2 Å². The molecule has 2 aromatic carbocycles. The van der Waals surface area contributed by atoms with Crippen molar-refractivity contribution in [2.24, 2.45) is 35.0 Å². The second-order valence-corrected chi connectivity index (χ2v) is 31.2. The van der Waals surface area contributed by atoms with E-state index in [2.05, 4.69) is 73.1 Å². The van der Waals surface area contributed by atoms with Gasteiger partial charge in [-0.25, -0.2) is 4.98 Å². The number of nitrogens with one attached hydrogen (secondary N) is 13. The number of carboxylic acids is 2. The van der Waals surface area contributed by atoms with E-state index < -0.39 is 192 Å². The van der Waals surface area contributed by atoms with Crippen molar-refractivity contribution >= 4 is 116 Å². The van der Waals surface area contributed by atoms with Crippen molar-refractivity contribution in [1.82, 2.24) is 73.1 Å². The maximum absolute atomic E-state index is 15.2. The summed E-state index contributed by atoms with van der Waals surface area (Å²) in [5.41, 5.74) is 2.53. The predicted octanol–water partition coefficient (Wildman–Crippen LogP) is 3.48. The van der Waals surface area contributed by atoms with Gasteiger partial charge in [-0.05, 0) is 98.1 Å². The smallest absolute Gasteiger partial charge is 0.303 e. The number of aliphatic hydroxyl groups is 1. The Kier molecular flexibility index (Phi) is 33.8. The van der Waals surface area contributed by atoms with Gasteiger partial charge >= 0.3 is 11.9 Å². The number of carbonyl (C=O) groups excluding carboxylic acids is 12. The molecule has 4 heterocycles. The Balaban J connectivity index is 1.43. The third-order valence-corrected chi connectivity index (χ3v) is 19.5.